The largest absolute Gasteiger partial charge is 0.319 e. The van der Waals surface area contributed by atoms with Crippen molar-refractivity contribution in [1.82, 2.24) is 0 Å². The number of carbonyl (C=O) groups is 1. The first-order valence-electron chi connectivity index (χ1n) is 5.50. The predicted octanol–water partition coefficient (Wildman–Crippen LogP) is 5.32. The predicted molar refractivity (Wildman–Crippen MR) is 83.3 cm³/mol. The number of hydrogen-bond donors (Lipinski definition) is 1. The Kier molecular flexibility index (Phi) is 4.50. The molecule has 0 saturated carbocycles. The molecule has 0 aromatic heterocycles. The Morgan fingerprint density at radius 2 is 1.79 bits per heavy atom. The maximum absolute atomic E-state index is 12.2. The van der Waals surface area contributed by atoms with Crippen molar-refractivity contribution in [2.24, 2.45) is 0 Å². The summed E-state index contributed by atoms with van der Waals surface area (Å²) in [5.41, 5.74) is 1.96. The van der Waals surface area contributed by atoms with Crippen molar-refractivity contribution in [1.29, 1.82) is 0 Å². The molecule has 2 aromatic carbocycles. The molecule has 0 fully saturated rings. The zero-order valence-corrected chi connectivity index (χ0v) is 13.1. The van der Waals surface area contributed by atoms with Crippen LogP contribution in [0.15, 0.2) is 40.9 Å². The highest BCUT2D eigenvalue weighted by Crippen LogP contribution is 2.30. The zero-order chi connectivity index (χ0) is 14.0. The lowest BCUT2D eigenvalue weighted by Crippen LogP contribution is -2.13. The average molecular weight is 359 g/mol. The maximum Gasteiger partial charge on any atom is 0.256 e. The van der Waals surface area contributed by atoms with E-state index >= 15 is 0 Å². The molecular weight excluding hydrogens is 349 g/mol. The van der Waals surface area contributed by atoms with Gasteiger partial charge in [-0.15, -0.1) is 0 Å². The molecule has 0 heterocycles. The summed E-state index contributed by atoms with van der Waals surface area (Å²) in [6.45, 7) is 1.92. The van der Waals surface area contributed by atoms with Crippen LogP contribution in [-0.4, -0.2) is 5.91 Å². The van der Waals surface area contributed by atoms with Crippen LogP contribution in [0.4, 0.5) is 5.69 Å². The van der Waals surface area contributed by atoms with E-state index in [2.05, 4.69) is 21.2 Å². The van der Waals surface area contributed by atoms with E-state index in [1.807, 2.05) is 19.1 Å². The van der Waals surface area contributed by atoms with Crippen LogP contribution in [0.5, 0.6) is 0 Å². The van der Waals surface area contributed by atoms with Crippen molar-refractivity contribution in [2.75, 3.05) is 5.32 Å². The summed E-state index contributed by atoms with van der Waals surface area (Å²) in [6.07, 6.45) is 0. The third kappa shape index (κ3) is 3.30. The number of anilines is 1. The van der Waals surface area contributed by atoms with E-state index in [1.165, 1.54) is 0 Å². The molecule has 0 radical (unpaired) electrons. The minimum Gasteiger partial charge on any atom is -0.319 e. The molecule has 1 amide bonds. The fourth-order valence-electron chi connectivity index (χ4n) is 1.61. The Balaban J connectivity index is 2.34. The molecule has 2 aromatic rings. The van der Waals surface area contributed by atoms with Gasteiger partial charge in [-0.05, 0) is 47.1 Å². The van der Waals surface area contributed by atoms with Gasteiger partial charge in [0.2, 0.25) is 0 Å². The van der Waals surface area contributed by atoms with Gasteiger partial charge < -0.3 is 5.32 Å². The first-order chi connectivity index (χ1) is 8.99. The smallest absolute Gasteiger partial charge is 0.256 e. The highest BCUT2D eigenvalue weighted by Gasteiger charge is 2.14. The summed E-state index contributed by atoms with van der Waals surface area (Å²) in [7, 11) is 0. The summed E-state index contributed by atoms with van der Waals surface area (Å²) >= 11 is 15.4. The van der Waals surface area contributed by atoms with E-state index in [1.54, 1.807) is 24.3 Å². The van der Waals surface area contributed by atoms with Crippen molar-refractivity contribution < 1.29 is 4.79 Å². The van der Waals surface area contributed by atoms with Gasteiger partial charge in [0.25, 0.3) is 5.91 Å². The summed E-state index contributed by atoms with van der Waals surface area (Å²) in [6, 6.07) is 10.6. The van der Waals surface area contributed by atoms with Crippen molar-refractivity contribution in [2.45, 2.75) is 6.92 Å². The Hall–Kier alpha value is -1.03. The van der Waals surface area contributed by atoms with Gasteiger partial charge in [0, 0.05) is 4.47 Å². The Morgan fingerprint density at radius 3 is 2.42 bits per heavy atom. The molecule has 0 bridgehead atoms. The van der Waals surface area contributed by atoms with Crippen LogP contribution in [0.3, 0.4) is 0 Å². The number of para-hydroxylation sites is 1. The van der Waals surface area contributed by atoms with E-state index in [9.17, 15) is 4.79 Å². The minimum atomic E-state index is -0.259. The number of benzene rings is 2. The van der Waals surface area contributed by atoms with E-state index in [0.717, 1.165) is 10.0 Å². The summed E-state index contributed by atoms with van der Waals surface area (Å²) in [4.78, 5) is 12.2. The van der Waals surface area contributed by atoms with Crippen molar-refractivity contribution in [3.63, 3.8) is 0 Å². The standard InChI is InChI=1S/C14H10BrCl2NO/c1-8-5-6-10(15)9(7-8)14(19)18-13-11(16)3-2-4-12(13)17/h2-7H,1H3,(H,18,19). The Morgan fingerprint density at radius 1 is 1.16 bits per heavy atom. The third-order valence-electron chi connectivity index (χ3n) is 2.57. The lowest BCUT2D eigenvalue weighted by Gasteiger charge is -2.10. The van der Waals surface area contributed by atoms with Gasteiger partial charge in [-0.25, -0.2) is 0 Å². The molecule has 0 aliphatic heterocycles. The topological polar surface area (TPSA) is 29.1 Å². The second-order valence-electron chi connectivity index (χ2n) is 4.03. The van der Waals surface area contributed by atoms with Crippen LogP contribution < -0.4 is 5.32 Å². The number of hydrogen-bond acceptors (Lipinski definition) is 1. The van der Waals surface area contributed by atoms with Crippen molar-refractivity contribution in [3.8, 4) is 0 Å². The van der Waals surface area contributed by atoms with Gasteiger partial charge in [0.1, 0.15) is 0 Å². The molecule has 2 rings (SSSR count). The van der Waals surface area contributed by atoms with E-state index in [4.69, 9.17) is 23.2 Å². The van der Waals surface area contributed by atoms with Crippen LogP contribution >= 0.6 is 39.1 Å². The average Bonchev–Trinajstić information content (AvgIpc) is 2.37. The quantitative estimate of drug-likeness (QED) is 0.773. The highest BCUT2D eigenvalue weighted by atomic mass is 79.9. The molecule has 98 valence electrons. The van der Waals surface area contributed by atoms with Crippen LogP contribution in [0.25, 0.3) is 0 Å². The van der Waals surface area contributed by atoms with E-state index < -0.39 is 0 Å². The van der Waals surface area contributed by atoms with Crippen LogP contribution in [0.1, 0.15) is 15.9 Å². The van der Waals surface area contributed by atoms with Gasteiger partial charge in [0.05, 0.1) is 21.3 Å². The molecule has 0 aliphatic carbocycles. The molecule has 0 aliphatic rings. The maximum atomic E-state index is 12.2. The van der Waals surface area contributed by atoms with Crippen LogP contribution in [0, 0.1) is 6.92 Å². The van der Waals surface area contributed by atoms with Gasteiger partial charge in [0.15, 0.2) is 0 Å². The second kappa shape index (κ2) is 5.95. The lowest BCUT2D eigenvalue weighted by molar-refractivity contribution is 0.102. The molecule has 1 N–H and O–H groups in total. The fourth-order valence-corrected chi connectivity index (χ4v) is 2.53. The first kappa shape index (κ1) is 14.4. The molecule has 0 unspecified atom stereocenters. The van der Waals surface area contributed by atoms with Crippen LogP contribution in [-0.2, 0) is 0 Å². The number of aryl methyl sites for hydroxylation is 1. The van der Waals surface area contributed by atoms with Gasteiger partial charge in [-0.3, -0.25) is 4.79 Å². The number of halogens is 3. The summed E-state index contributed by atoms with van der Waals surface area (Å²) in [5, 5.41) is 3.54. The summed E-state index contributed by atoms with van der Waals surface area (Å²) in [5.74, 6) is -0.259. The summed E-state index contributed by atoms with van der Waals surface area (Å²) < 4.78 is 0.721. The zero-order valence-electron chi connectivity index (χ0n) is 10.0. The second-order valence-corrected chi connectivity index (χ2v) is 5.70. The molecule has 19 heavy (non-hydrogen) atoms. The van der Waals surface area contributed by atoms with Crippen LogP contribution in [0.2, 0.25) is 10.0 Å². The molecule has 5 heteroatoms. The fraction of sp³-hybridized carbons (Fsp3) is 0.0714. The third-order valence-corrected chi connectivity index (χ3v) is 3.89. The molecular formula is C14H10BrCl2NO. The number of rotatable bonds is 2. The van der Waals surface area contributed by atoms with Gasteiger partial charge in [-0.2, -0.15) is 0 Å². The Bertz CT molecular complexity index is 623. The monoisotopic (exact) mass is 357 g/mol. The lowest BCUT2D eigenvalue weighted by atomic mass is 10.1. The van der Waals surface area contributed by atoms with Gasteiger partial charge in [-0.1, -0.05) is 40.9 Å². The molecule has 2 nitrogen and oxygen atoms in total. The van der Waals surface area contributed by atoms with E-state index in [-0.39, 0.29) is 5.91 Å². The first-order valence-corrected chi connectivity index (χ1v) is 7.05. The van der Waals surface area contributed by atoms with Crippen molar-refractivity contribution in [3.05, 3.63) is 62.0 Å². The molecule has 0 spiro atoms. The highest BCUT2D eigenvalue weighted by molar-refractivity contribution is 9.10. The normalized spacial score (nSPS) is 10.3. The number of nitrogens with one attached hydrogen (secondary N) is 1. The minimum absolute atomic E-state index is 0.259. The molecule has 0 saturated heterocycles. The Labute approximate surface area is 129 Å². The molecule has 0 atom stereocenters. The van der Waals surface area contributed by atoms with E-state index in [0.29, 0.717) is 21.3 Å². The SMILES string of the molecule is Cc1ccc(Br)c(C(=O)Nc2c(Cl)cccc2Cl)c1. The number of carbonyl (C=O) groups excluding carboxylic acids is 1. The van der Waals surface area contributed by atoms with Crippen molar-refractivity contribution >= 4 is 50.7 Å². The number of amides is 1. The van der Waals surface area contributed by atoms with Gasteiger partial charge >= 0.3 is 0 Å².